The number of rotatable bonds is 4. The molecular formula is C11H15N3O. The summed E-state index contributed by atoms with van der Waals surface area (Å²) in [5, 5.41) is 3.04. The van der Waals surface area contributed by atoms with E-state index in [9.17, 15) is 4.79 Å². The summed E-state index contributed by atoms with van der Waals surface area (Å²) < 4.78 is 0. The van der Waals surface area contributed by atoms with Gasteiger partial charge in [0.2, 0.25) is 0 Å². The number of nitrogens with zero attached hydrogens (tertiary/aromatic N) is 1. The fraction of sp³-hybridized carbons (Fsp3) is 0.455. The SMILES string of the molecule is O=c1[nH]ccnc1NCCC1=CCCC1. The topological polar surface area (TPSA) is 57.8 Å². The molecule has 0 radical (unpaired) electrons. The number of H-pyrrole nitrogens is 1. The van der Waals surface area contributed by atoms with E-state index in [1.807, 2.05) is 0 Å². The fourth-order valence-corrected chi connectivity index (χ4v) is 1.78. The number of nitrogens with one attached hydrogen (secondary N) is 2. The number of allylic oxidation sites excluding steroid dienone is 1. The second kappa shape index (κ2) is 4.77. The number of hydrogen-bond donors (Lipinski definition) is 2. The van der Waals surface area contributed by atoms with Gasteiger partial charge in [0, 0.05) is 18.9 Å². The third kappa shape index (κ3) is 2.68. The van der Waals surface area contributed by atoms with Gasteiger partial charge in [-0.25, -0.2) is 4.98 Å². The second-order valence-corrected chi connectivity index (χ2v) is 3.70. The molecule has 80 valence electrons. The van der Waals surface area contributed by atoms with Crippen LogP contribution in [-0.4, -0.2) is 16.5 Å². The van der Waals surface area contributed by atoms with E-state index in [-0.39, 0.29) is 5.56 Å². The summed E-state index contributed by atoms with van der Waals surface area (Å²) in [6.45, 7) is 0.784. The maximum absolute atomic E-state index is 11.3. The van der Waals surface area contributed by atoms with Crippen LogP contribution in [-0.2, 0) is 0 Å². The monoisotopic (exact) mass is 205 g/mol. The lowest BCUT2D eigenvalue weighted by molar-refractivity contribution is 0.860. The molecule has 0 saturated heterocycles. The standard InChI is InChI=1S/C11H15N3O/c15-11-10(13-7-8-14-11)12-6-5-9-3-1-2-4-9/h3,7-8H,1-2,4-6H2,(H,12,13)(H,14,15). The summed E-state index contributed by atoms with van der Waals surface area (Å²) in [6, 6.07) is 0. The van der Waals surface area contributed by atoms with Crippen molar-refractivity contribution in [1.82, 2.24) is 9.97 Å². The van der Waals surface area contributed by atoms with E-state index in [1.165, 1.54) is 31.0 Å². The average molecular weight is 205 g/mol. The maximum Gasteiger partial charge on any atom is 0.290 e. The smallest absolute Gasteiger partial charge is 0.290 e. The Balaban J connectivity index is 1.83. The molecule has 0 atom stereocenters. The molecule has 1 heterocycles. The normalized spacial score (nSPS) is 15.1. The Morgan fingerprint density at radius 3 is 3.20 bits per heavy atom. The van der Waals surface area contributed by atoms with E-state index >= 15 is 0 Å². The summed E-state index contributed by atoms with van der Waals surface area (Å²) in [5.41, 5.74) is 1.34. The van der Waals surface area contributed by atoms with Crippen LogP contribution < -0.4 is 10.9 Å². The number of hydrogen-bond acceptors (Lipinski definition) is 3. The Morgan fingerprint density at radius 2 is 2.47 bits per heavy atom. The Morgan fingerprint density at radius 1 is 1.53 bits per heavy atom. The quantitative estimate of drug-likeness (QED) is 0.735. The van der Waals surface area contributed by atoms with E-state index < -0.39 is 0 Å². The van der Waals surface area contributed by atoms with Crippen molar-refractivity contribution >= 4 is 5.82 Å². The van der Waals surface area contributed by atoms with Crippen LogP contribution in [0, 0.1) is 0 Å². The van der Waals surface area contributed by atoms with Crippen LogP contribution in [0.25, 0.3) is 0 Å². The van der Waals surface area contributed by atoms with E-state index in [0.717, 1.165) is 13.0 Å². The third-order valence-electron chi connectivity index (χ3n) is 2.58. The molecular weight excluding hydrogens is 190 g/mol. The molecule has 0 amide bonds. The Bertz CT molecular complexity index is 408. The molecule has 0 bridgehead atoms. The zero-order valence-corrected chi connectivity index (χ0v) is 8.62. The highest BCUT2D eigenvalue weighted by Gasteiger charge is 2.04. The van der Waals surface area contributed by atoms with Crippen LogP contribution in [0.15, 0.2) is 28.8 Å². The van der Waals surface area contributed by atoms with Crippen molar-refractivity contribution in [3.63, 3.8) is 0 Å². The van der Waals surface area contributed by atoms with Crippen molar-refractivity contribution in [1.29, 1.82) is 0 Å². The van der Waals surface area contributed by atoms with Gasteiger partial charge in [0.15, 0.2) is 5.82 Å². The van der Waals surface area contributed by atoms with Gasteiger partial charge in [-0.2, -0.15) is 0 Å². The Kier molecular flexibility index (Phi) is 3.17. The highest BCUT2D eigenvalue weighted by atomic mass is 16.1. The third-order valence-corrected chi connectivity index (χ3v) is 2.58. The van der Waals surface area contributed by atoms with Gasteiger partial charge in [-0.1, -0.05) is 11.6 Å². The molecule has 1 aliphatic carbocycles. The highest BCUT2D eigenvalue weighted by molar-refractivity contribution is 5.30. The predicted octanol–water partition coefficient (Wildman–Crippen LogP) is 1.68. The molecule has 1 aromatic heterocycles. The van der Waals surface area contributed by atoms with Crippen molar-refractivity contribution in [3.8, 4) is 0 Å². The van der Waals surface area contributed by atoms with Crippen LogP contribution >= 0.6 is 0 Å². The van der Waals surface area contributed by atoms with Crippen molar-refractivity contribution in [3.05, 3.63) is 34.4 Å². The summed E-state index contributed by atoms with van der Waals surface area (Å²) in [7, 11) is 0. The summed E-state index contributed by atoms with van der Waals surface area (Å²) in [6.07, 6.45) is 10.1. The molecule has 4 heteroatoms. The molecule has 1 aliphatic rings. The first-order valence-electron chi connectivity index (χ1n) is 5.32. The fourth-order valence-electron chi connectivity index (χ4n) is 1.78. The molecule has 0 fully saturated rings. The Labute approximate surface area is 88.4 Å². The van der Waals surface area contributed by atoms with Gasteiger partial charge in [-0.15, -0.1) is 0 Å². The first-order valence-corrected chi connectivity index (χ1v) is 5.32. The van der Waals surface area contributed by atoms with Crippen molar-refractivity contribution in [2.75, 3.05) is 11.9 Å². The molecule has 1 aromatic rings. The molecule has 15 heavy (non-hydrogen) atoms. The van der Waals surface area contributed by atoms with Crippen molar-refractivity contribution in [2.24, 2.45) is 0 Å². The lowest BCUT2D eigenvalue weighted by Gasteiger charge is -2.04. The second-order valence-electron chi connectivity index (χ2n) is 3.70. The molecule has 0 aliphatic heterocycles. The lowest BCUT2D eigenvalue weighted by atomic mass is 10.2. The zero-order valence-electron chi connectivity index (χ0n) is 8.62. The molecule has 0 saturated carbocycles. The molecule has 0 aromatic carbocycles. The van der Waals surface area contributed by atoms with Crippen LogP contribution in [0.1, 0.15) is 25.7 Å². The Hall–Kier alpha value is -1.58. The van der Waals surface area contributed by atoms with Gasteiger partial charge < -0.3 is 10.3 Å². The van der Waals surface area contributed by atoms with Gasteiger partial charge in [0.25, 0.3) is 5.56 Å². The minimum Gasteiger partial charge on any atom is -0.365 e. The van der Waals surface area contributed by atoms with E-state index in [0.29, 0.717) is 5.82 Å². The largest absolute Gasteiger partial charge is 0.365 e. The number of anilines is 1. The van der Waals surface area contributed by atoms with Crippen LogP contribution in [0.4, 0.5) is 5.82 Å². The van der Waals surface area contributed by atoms with Crippen LogP contribution in [0.3, 0.4) is 0 Å². The van der Waals surface area contributed by atoms with Gasteiger partial charge >= 0.3 is 0 Å². The minimum absolute atomic E-state index is 0.155. The summed E-state index contributed by atoms with van der Waals surface area (Å²) >= 11 is 0. The predicted molar refractivity (Wildman–Crippen MR) is 59.9 cm³/mol. The highest BCUT2D eigenvalue weighted by Crippen LogP contribution is 2.19. The molecule has 0 unspecified atom stereocenters. The molecule has 4 nitrogen and oxygen atoms in total. The van der Waals surface area contributed by atoms with E-state index in [1.54, 1.807) is 6.20 Å². The van der Waals surface area contributed by atoms with Gasteiger partial charge in [0.05, 0.1) is 0 Å². The first-order chi connectivity index (χ1) is 7.36. The summed E-state index contributed by atoms with van der Waals surface area (Å²) in [5.74, 6) is 0.413. The van der Waals surface area contributed by atoms with E-state index in [4.69, 9.17) is 0 Å². The van der Waals surface area contributed by atoms with Crippen molar-refractivity contribution < 1.29 is 0 Å². The lowest BCUT2D eigenvalue weighted by Crippen LogP contribution is -2.16. The van der Waals surface area contributed by atoms with Gasteiger partial charge in [-0.05, 0) is 25.7 Å². The summed E-state index contributed by atoms with van der Waals surface area (Å²) in [4.78, 5) is 17.8. The van der Waals surface area contributed by atoms with Crippen molar-refractivity contribution in [2.45, 2.75) is 25.7 Å². The van der Waals surface area contributed by atoms with Crippen LogP contribution in [0.2, 0.25) is 0 Å². The minimum atomic E-state index is -0.155. The van der Waals surface area contributed by atoms with Gasteiger partial charge in [0.1, 0.15) is 0 Å². The maximum atomic E-state index is 11.3. The number of aromatic nitrogens is 2. The molecule has 2 rings (SSSR count). The average Bonchev–Trinajstić information content (AvgIpc) is 2.74. The molecule has 0 spiro atoms. The van der Waals surface area contributed by atoms with Crippen LogP contribution in [0.5, 0.6) is 0 Å². The number of aromatic amines is 1. The van der Waals surface area contributed by atoms with Gasteiger partial charge in [-0.3, -0.25) is 4.79 Å². The van der Waals surface area contributed by atoms with E-state index in [2.05, 4.69) is 21.4 Å². The zero-order chi connectivity index (χ0) is 10.5. The molecule has 2 N–H and O–H groups in total. The first kappa shape index (κ1) is 9.96.